The first-order chi connectivity index (χ1) is 16.2. The molecule has 12 heteroatoms. The Morgan fingerprint density at radius 1 is 1.06 bits per heavy atom. The van der Waals surface area contributed by atoms with E-state index in [-0.39, 0.29) is 75.3 Å². The number of hydrogen-bond donors (Lipinski definition) is 3. The van der Waals surface area contributed by atoms with Crippen LogP contribution in [0.5, 0.6) is 28.7 Å². The molecule has 1 heterocycles. The third kappa shape index (κ3) is 5.84. The molecule has 11 nitrogen and oxygen atoms in total. The number of aromatic hydroxyl groups is 1. The zero-order valence-electron chi connectivity index (χ0n) is 19.2. The predicted molar refractivity (Wildman–Crippen MR) is 132 cm³/mol. The SMILES string of the molecule is Br.COc1cc(O)c2c(=O)c(OC)c(-c3ccc(OC(=O)[C@@H](N)CCC(N)=O)c(OC)c3)oc2c1. The van der Waals surface area contributed by atoms with Crippen molar-refractivity contribution in [3.63, 3.8) is 0 Å². The van der Waals surface area contributed by atoms with Gasteiger partial charge in [0.25, 0.3) is 0 Å². The minimum absolute atomic E-state index is 0. The number of benzene rings is 2. The van der Waals surface area contributed by atoms with E-state index in [1.807, 2.05) is 0 Å². The number of rotatable bonds is 9. The summed E-state index contributed by atoms with van der Waals surface area (Å²) < 4.78 is 26.9. The molecule has 0 saturated carbocycles. The van der Waals surface area contributed by atoms with Gasteiger partial charge in [-0.15, -0.1) is 17.0 Å². The molecule has 1 atom stereocenters. The van der Waals surface area contributed by atoms with Crippen LogP contribution in [0.3, 0.4) is 0 Å². The lowest BCUT2D eigenvalue weighted by Gasteiger charge is -2.15. The number of methoxy groups -OCH3 is 3. The molecule has 3 rings (SSSR count). The van der Waals surface area contributed by atoms with Gasteiger partial charge >= 0.3 is 5.97 Å². The number of halogens is 1. The van der Waals surface area contributed by atoms with Crippen molar-refractivity contribution in [2.45, 2.75) is 18.9 Å². The number of hydrogen-bond acceptors (Lipinski definition) is 10. The Kier molecular flexibility index (Phi) is 9.09. The summed E-state index contributed by atoms with van der Waals surface area (Å²) in [6, 6.07) is 6.12. The van der Waals surface area contributed by atoms with E-state index < -0.39 is 23.3 Å². The van der Waals surface area contributed by atoms with Gasteiger partial charge in [-0.1, -0.05) is 0 Å². The fourth-order valence-corrected chi connectivity index (χ4v) is 3.24. The average Bonchev–Trinajstić information content (AvgIpc) is 2.81. The normalized spacial score (nSPS) is 11.3. The highest BCUT2D eigenvalue weighted by Crippen LogP contribution is 2.39. The van der Waals surface area contributed by atoms with Crippen molar-refractivity contribution in [3.8, 4) is 40.1 Å². The van der Waals surface area contributed by atoms with Crippen LogP contribution < -0.4 is 35.8 Å². The van der Waals surface area contributed by atoms with Gasteiger partial charge in [-0.25, -0.2) is 4.79 Å². The molecule has 0 aliphatic carbocycles. The molecule has 5 N–H and O–H groups in total. The van der Waals surface area contributed by atoms with Crippen molar-refractivity contribution in [3.05, 3.63) is 40.6 Å². The molecule has 0 fully saturated rings. The molecule has 0 spiro atoms. The molecule has 0 saturated heterocycles. The fraction of sp³-hybridized carbons (Fsp3) is 0.261. The molecule has 188 valence electrons. The Labute approximate surface area is 210 Å². The van der Waals surface area contributed by atoms with Gasteiger partial charge in [0.1, 0.15) is 28.5 Å². The molecule has 0 aliphatic rings. The second-order valence-electron chi connectivity index (χ2n) is 7.21. The Bertz CT molecular complexity index is 1310. The zero-order valence-corrected chi connectivity index (χ0v) is 20.9. The standard InChI is InChI=1S/C23H24N2O9.BrH/c1-30-12-9-14(26)19-17(10-12)33-21(22(32-3)20(19)28)11-4-6-15(16(8-11)31-2)34-23(29)13(24)5-7-18(25)27;/h4,6,8-10,13,26H,5,7,24H2,1-3H3,(H2,25,27);1H/t13-;/m0./s1. The van der Waals surface area contributed by atoms with Crippen LogP contribution in [-0.2, 0) is 9.59 Å². The summed E-state index contributed by atoms with van der Waals surface area (Å²) in [5.74, 6) is -1.27. The van der Waals surface area contributed by atoms with Crippen molar-refractivity contribution in [2.24, 2.45) is 11.5 Å². The number of esters is 1. The molecule has 35 heavy (non-hydrogen) atoms. The van der Waals surface area contributed by atoms with E-state index in [1.165, 1.54) is 51.7 Å². The lowest BCUT2D eigenvalue weighted by atomic mass is 10.1. The van der Waals surface area contributed by atoms with Crippen LogP contribution in [0.25, 0.3) is 22.3 Å². The highest BCUT2D eigenvalue weighted by atomic mass is 79.9. The summed E-state index contributed by atoms with van der Waals surface area (Å²) in [7, 11) is 4.07. The number of phenols is 1. The monoisotopic (exact) mass is 552 g/mol. The van der Waals surface area contributed by atoms with Gasteiger partial charge in [-0.05, 0) is 24.6 Å². The third-order valence-corrected chi connectivity index (χ3v) is 4.99. The molecule has 0 unspecified atom stereocenters. The second-order valence-corrected chi connectivity index (χ2v) is 7.21. The maximum Gasteiger partial charge on any atom is 0.328 e. The average molecular weight is 553 g/mol. The highest BCUT2D eigenvalue weighted by Gasteiger charge is 2.23. The minimum atomic E-state index is -1.06. The summed E-state index contributed by atoms with van der Waals surface area (Å²) in [4.78, 5) is 36.2. The number of nitrogens with two attached hydrogens (primary N) is 2. The first-order valence-corrected chi connectivity index (χ1v) is 10.1. The summed E-state index contributed by atoms with van der Waals surface area (Å²) in [6.07, 6.45) is -0.0300. The molecule has 0 aliphatic heterocycles. The van der Waals surface area contributed by atoms with Gasteiger partial charge in [0.05, 0.1) is 21.3 Å². The maximum atomic E-state index is 13.0. The fourth-order valence-electron chi connectivity index (χ4n) is 3.24. The molecule has 0 bridgehead atoms. The highest BCUT2D eigenvalue weighted by molar-refractivity contribution is 8.93. The minimum Gasteiger partial charge on any atom is -0.507 e. The van der Waals surface area contributed by atoms with Crippen LogP contribution in [0.15, 0.2) is 39.5 Å². The van der Waals surface area contributed by atoms with Gasteiger partial charge in [-0.3, -0.25) is 9.59 Å². The number of primary amides is 1. The van der Waals surface area contributed by atoms with Crippen molar-refractivity contribution < 1.29 is 38.1 Å². The first kappa shape index (κ1) is 27.5. The van der Waals surface area contributed by atoms with Crippen molar-refractivity contribution >= 4 is 39.8 Å². The molecule has 0 radical (unpaired) electrons. The van der Waals surface area contributed by atoms with Crippen LogP contribution in [0, 0.1) is 0 Å². The van der Waals surface area contributed by atoms with Gasteiger partial charge in [0, 0.05) is 24.1 Å². The lowest BCUT2D eigenvalue weighted by molar-refractivity contribution is -0.136. The smallest absolute Gasteiger partial charge is 0.328 e. The Morgan fingerprint density at radius 3 is 2.37 bits per heavy atom. The molecule has 2 aromatic carbocycles. The maximum absolute atomic E-state index is 13.0. The number of fused-ring (bicyclic) bond motifs is 1. The first-order valence-electron chi connectivity index (χ1n) is 10.1. The van der Waals surface area contributed by atoms with Gasteiger partial charge in [-0.2, -0.15) is 0 Å². The van der Waals surface area contributed by atoms with Crippen molar-refractivity contribution in [1.29, 1.82) is 0 Å². The van der Waals surface area contributed by atoms with E-state index in [4.69, 9.17) is 34.8 Å². The number of carbonyl (C=O) groups is 2. The van der Waals surface area contributed by atoms with Crippen LogP contribution in [0.1, 0.15) is 12.8 Å². The predicted octanol–water partition coefficient (Wildman–Crippen LogP) is 2.27. The van der Waals surface area contributed by atoms with E-state index in [2.05, 4.69) is 0 Å². The second kappa shape index (κ2) is 11.6. The Balaban J connectivity index is 0.00000432. The number of ether oxygens (including phenoxy) is 4. The summed E-state index contributed by atoms with van der Waals surface area (Å²) in [5.41, 5.74) is 10.7. The lowest BCUT2D eigenvalue weighted by Crippen LogP contribution is -2.35. The zero-order chi connectivity index (χ0) is 25.0. The summed E-state index contributed by atoms with van der Waals surface area (Å²) in [6.45, 7) is 0. The van der Waals surface area contributed by atoms with E-state index in [9.17, 15) is 19.5 Å². The molecular weight excluding hydrogens is 528 g/mol. The van der Waals surface area contributed by atoms with Gasteiger partial charge in [0.15, 0.2) is 17.3 Å². The Hall–Kier alpha value is -3.77. The van der Waals surface area contributed by atoms with Crippen molar-refractivity contribution in [1.82, 2.24) is 0 Å². The van der Waals surface area contributed by atoms with E-state index in [0.29, 0.717) is 5.56 Å². The molecular formula is C23H25BrN2O9. The molecule has 1 aromatic heterocycles. The van der Waals surface area contributed by atoms with Crippen LogP contribution >= 0.6 is 17.0 Å². The largest absolute Gasteiger partial charge is 0.507 e. The van der Waals surface area contributed by atoms with E-state index in [1.54, 1.807) is 0 Å². The quantitative estimate of drug-likeness (QED) is 0.263. The summed E-state index contributed by atoms with van der Waals surface area (Å²) >= 11 is 0. The number of amides is 1. The third-order valence-electron chi connectivity index (χ3n) is 4.99. The molecule has 1 amide bonds. The number of phenolic OH excluding ortho intramolecular Hbond substituents is 1. The van der Waals surface area contributed by atoms with Gasteiger partial charge < -0.3 is 39.9 Å². The van der Waals surface area contributed by atoms with E-state index >= 15 is 0 Å². The summed E-state index contributed by atoms with van der Waals surface area (Å²) in [5, 5.41) is 10.2. The molecule has 3 aromatic rings. The van der Waals surface area contributed by atoms with Crippen LogP contribution in [0.4, 0.5) is 0 Å². The van der Waals surface area contributed by atoms with Crippen molar-refractivity contribution in [2.75, 3.05) is 21.3 Å². The van der Waals surface area contributed by atoms with Crippen LogP contribution in [-0.4, -0.2) is 44.4 Å². The topological polar surface area (TPSA) is 174 Å². The van der Waals surface area contributed by atoms with Gasteiger partial charge in [0.2, 0.25) is 17.1 Å². The van der Waals surface area contributed by atoms with E-state index in [0.717, 1.165) is 0 Å². The van der Waals surface area contributed by atoms with Crippen LogP contribution in [0.2, 0.25) is 0 Å². The number of carbonyl (C=O) groups excluding carboxylic acids is 2. The Morgan fingerprint density at radius 2 is 1.77 bits per heavy atom.